The normalized spacial score (nSPS) is 10.6. The van der Waals surface area contributed by atoms with Gasteiger partial charge in [0.2, 0.25) is 0 Å². The molecule has 0 saturated heterocycles. The van der Waals surface area contributed by atoms with Crippen LogP contribution in [0.2, 0.25) is 0 Å². The zero-order chi connectivity index (χ0) is 21.5. The van der Waals surface area contributed by atoms with Gasteiger partial charge in [0.25, 0.3) is 17.0 Å². The van der Waals surface area contributed by atoms with Crippen LogP contribution < -0.4 is 21.2 Å². The number of fused-ring (bicyclic) bond motifs is 1. The van der Waals surface area contributed by atoms with Gasteiger partial charge in [0.15, 0.2) is 6.61 Å². The zero-order valence-electron chi connectivity index (χ0n) is 16.3. The molecule has 156 valence electrons. The number of carbonyl (C=O) groups excluding carboxylic acids is 2. The summed E-state index contributed by atoms with van der Waals surface area (Å²) in [5.41, 5.74) is 0.00750. The molecule has 0 aliphatic heterocycles. The van der Waals surface area contributed by atoms with E-state index in [4.69, 9.17) is 9.47 Å². The van der Waals surface area contributed by atoms with Crippen molar-refractivity contribution >= 4 is 22.6 Å². The molecule has 9 nitrogen and oxygen atoms in total. The van der Waals surface area contributed by atoms with Crippen molar-refractivity contribution in [2.75, 3.05) is 20.3 Å². The number of hydrogen-bond acceptors (Lipinski definition) is 6. The molecule has 9 heteroatoms. The van der Waals surface area contributed by atoms with Crippen molar-refractivity contribution in [2.24, 2.45) is 0 Å². The van der Waals surface area contributed by atoms with Gasteiger partial charge >= 0.3 is 5.97 Å². The molecule has 0 saturated carbocycles. The van der Waals surface area contributed by atoms with E-state index in [2.05, 4.69) is 10.4 Å². The van der Waals surface area contributed by atoms with Crippen molar-refractivity contribution in [3.05, 3.63) is 74.8 Å². The summed E-state index contributed by atoms with van der Waals surface area (Å²) in [4.78, 5) is 48.2. The van der Waals surface area contributed by atoms with Crippen LogP contribution in [0, 0.1) is 0 Å². The van der Waals surface area contributed by atoms with Gasteiger partial charge < -0.3 is 14.8 Å². The minimum absolute atomic E-state index is 0.199. The summed E-state index contributed by atoms with van der Waals surface area (Å²) in [6.45, 7) is -0.605. The van der Waals surface area contributed by atoms with E-state index in [1.165, 1.54) is 12.1 Å². The maximum atomic E-state index is 12.4. The SMILES string of the molecule is COc1ccc(CCNC(=O)COC(=O)Cn2[nH]c(=O)c3ccccc3c2=O)cc1. The fourth-order valence-corrected chi connectivity index (χ4v) is 2.87. The largest absolute Gasteiger partial charge is 0.497 e. The number of aromatic amines is 1. The number of nitrogens with zero attached hydrogens (tertiary/aromatic N) is 1. The van der Waals surface area contributed by atoms with Crippen LogP contribution in [0.15, 0.2) is 58.1 Å². The van der Waals surface area contributed by atoms with Crippen molar-refractivity contribution in [3.8, 4) is 5.75 Å². The molecule has 0 bridgehead atoms. The number of methoxy groups -OCH3 is 1. The van der Waals surface area contributed by atoms with Crippen molar-refractivity contribution in [1.29, 1.82) is 0 Å². The Morgan fingerprint density at radius 2 is 1.73 bits per heavy atom. The Kier molecular flexibility index (Phi) is 6.63. The lowest BCUT2D eigenvalue weighted by molar-refractivity contribution is -0.149. The lowest BCUT2D eigenvalue weighted by atomic mass is 10.1. The molecular weight excluding hydrogens is 390 g/mol. The number of H-pyrrole nitrogens is 1. The molecule has 0 aliphatic rings. The van der Waals surface area contributed by atoms with Crippen LogP contribution in [0.25, 0.3) is 10.8 Å². The molecule has 1 heterocycles. The lowest BCUT2D eigenvalue weighted by Gasteiger charge is -2.09. The quantitative estimate of drug-likeness (QED) is 0.524. The molecule has 0 spiro atoms. The molecule has 0 fully saturated rings. The molecule has 3 aromatic rings. The van der Waals surface area contributed by atoms with Crippen LogP contribution in [0.3, 0.4) is 0 Å². The molecule has 3 rings (SSSR count). The highest BCUT2D eigenvalue weighted by Gasteiger charge is 2.12. The van der Waals surface area contributed by atoms with Gasteiger partial charge in [0.1, 0.15) is 12.3 Å². The summed E-state index contributed by atoms with van der Waals surface area (Å²) in [7, 11) is 1.59. The topological polar surface area (TPSA) is 119 Å². The lowest BCUT2D eigenvalue weighted by Crippen LogP contribution is -2.35. The van der Waals surface area contributed by atoms with E-state index in [1.54, 1.807) is 19.2 Å². The van der Waals surface area contributed by atoms with Crippen molar-refractivity contribution < 1.29 is 19.1 Å². The summed E-state index contributed by atoms with van der Waals surface area (Å²) in [6, 6.07) is 13.8. The van der Waals surface area contributed by atoms with Gasteiger partial charge in [-0.2, -0.15) is 0 Å². The highest BCUT2D eigenvalue weighted by molar-refractivity contribution is 5.81. The molecule has 30 heavy (non-hydrogen) atoms. The Morgan fingerprint density at radius 1 is 1.03 bits per heavy atom. The third-order valence-corrected chi connectivity index (χ3v) is 4.43. The maximum Gasteiger partial charge on any atom is 0.328 e. The molecule has 0 atom stereocenters. The molecular formula is C21H21N3O6. The standard InChI is InChI=1S/C21H21N3O6/c1-29-15-8-6-14(7-9-15)10-11-22-18(25)13-30-19(26)12-24-21(28)17-5-3-2-4-16(17)20(27)23-24/h2-9H,10-13H2,1H3,(H,22,25)(H,23,27). The average Bonchev–Trinajstić information content (AvgIpc) is 2.76. The molecule has 2 N–H and O–H groups in total. The van der Waals surface area contributed by atoms with Crippen LogP contribution in [0.1, 0.15) is 5.56 Å². The van der Waals surface area contributed by atoms with E-state index < -0.39 is 36.1 Å². The number of nitrogens with one attached hydrogen (secondary N) is 2. The van der Waals surface area contributed by atoms with Gasteiger partial charge in [-0.25, -0.2) is 4.68 Å². The summed E-state index contributed by atoms with van der Waals surface area (Å²) in [6.07, 6.45) is 0.609. The first-order valence-corrected chi connectivity index (χ1v) is 9.25. The molecule has 0 aliphatic carbocycles. The molecule has 0 radical (unpaired) electrons. The molecule has 1 aromatic heterocycles. The number of esters is 1. The first kappa shape index (κ1) is 20.8. The second-order valence-corrected chi connectivity index (χ2v) is 6.49. The molecule has 2 aromatic carbocycles. The van der Waals surface area contributed by atoms with E-state index in [0.717, 1.165) is 16.0 Å². The summed E-state index contributed by atoms with van der Waals surface area (Å²) in [5, 5.41) is 5.42. The Morgan fingerprint density at radius 3 is 2.43 bits per heavy atom. The van der Waals surface area contributed by atoms with Gasteiger partial charge in [0.05, 0.1) is 17.9 Å². The minimum atomic E-state index is -0.812. The summed E-state index contributed by atoms with van der Waals surface area (Å²) >= 11 is 0. The number of aromatic nitrogens is 2. The number of ether oxygens (including phenoxy) is 2. The fraction of sp³-hybridized carbons (Fsp3) is 0.238. The number of carbonyl (C=O) groups is 2. The van der Waals surface area contributed by atoms with E-state index in [-0.39, 0.29) is 10.8 Å². The zero-order valence-corrected chi connectivity index (χ0v) is 16.3. The highest BCUT2D eigenvalue weighted by atomic mass is 16.5. The second kappa shape index (κ2) is 9.55. The highest BCUT2D eigenvalue weighted by Crippen LogP contribution is 2.11. The Hall–Kier alpha value is -3.88. The fourth-order valence-electron chi connectivity index (χ4n) is 2.87. The minimum Gasteiger partial charge on any atom is -0.497 e. The van der Waals surface area contributed by atoms with E-state index >= 15 is 0 Å². The van der Waals surface area contributed by atoms with Crippen molar-refractivity contribution in [2.45, 2.75) is 13.0 Å². The van der Waals surface area contributed by atoms with E-state index in [1.807, 2.05) is 24.3 Å². The first-order chi connectivity index (χ1) is 14.5. The Labute approximate surface area is 171 Å². The smallest absolute Gasteiger partial charge is 0.328 e. The Balaban J connectivity index is 1.48. The van der Waals surface area contributed by atoms with Crippen LogP contribution in [0.5, 0.6) is 5.75 Å². The van der Waals surface area contributed by atoms with Crippen LogP contribution in [-0.2, 0) is 27.3 Å². The van der Waals surface area contributed by atoms with Crippen LogP contribution in [0.4, 0.5) is 0 Å². The monoisotopic (exact) mass is 411 g/mol. The van der Waals surface area contributed by atoms with Crippen LogP contribution in [-0.4, -0.2) is 41.9 Å². The van der Waals surface area contributed by atoms with Crippen LogP contribution >= 0.6 is 0 Å². The number of rotatable bonds is 8. The molecule has 1 amide bonds. The van der Waals surface area contributed by atoms with Crippen molar-refractivity contribution in [1.82, 2.24) is 15.1 Å². The number of benzene rings is 2. The van der Waals surface area contributed by atoms with Gasteiger partial charge in [-0.1, -0.05) is 24.3 Å². The number of amides is 1. The summed E-state index contributed by atoms with van der Waals surface area (Å²) < 4.78 is 10.9. The van der Waals surface area contributed by atoms with E-state index in [0.29, 0.717) is 13.0 Å². The third-order valence-electron chi connectivity index (χ3n) is 4.43. The van der Waals surface area contributed by atoms with E-state index in [9.17, 15) is 19.2 Å². The molecule has 0 unspecified atom stereocenters. The van der Waals surface area contributed by atoms with Gasteiger partial charge in [-0.3, -0.25) is 24.3 Å². The second-order valence-electron chi connectivity index (χ2n) is 6.49. The van der Waals surface area contributed by atoms with Crippen molar-refractivity contribution in [3.63, 3.8) is 0 Å². The average molecular weight is 411 g/mol. The van der Waals surface area contributed by atoms with Gasteiger partial charge in [0, 0.05) is 6.54 Å². The predicted molar refractivity (Wildman–Crippen MR) is 109 cm³/mol. The predicted octanol–water partition coefficient (Wildman–Crippen LogP) is 0.601. The third kappa shape index (κ3) is 5.13. The first-order valence-electron chi connectivity index (χ1n) is 9.25. The Bertz CT molecular complexity index is 1160. The summed E-state index contributed by atoms with van der Waals surface area (Å²) in [5.74, 6) is -0.522. The van der Waals surface area contributed by atoms with Gasteiger partial charge in [-0.05, 0) is 36.2 Å². The maximum absolute atomic E-state index is 12.4. The number of hydrogen-bond donors (Lipinski definition) is 2. The van der Waals surface area contributed by atoms with Gasteiger partial charge in [-0.15, -0.1) is 0 Å².